The molecular formula is C30H35N5O6. The summed E-state index contributed by atoms with van der Waals surface area (Å²) < 4.78 is 0. The third kappa shape index (κ3) is 6.17. The molecule has 3 aromatic rings. The highest BCUT2D eigenvalue weighted by Crippen LogP contribution is 2.34. The minimum absolute atomic E-state index is 0.00632. The number of nitrogens with zero attached hydrogens (tertiary/aromatic N) is 5. The Hall–Kier alpha value is -4.06. The molecule has 0 unspecified atom stereocenters. The van der Waals surface area contributed by atoms with E-state index in [9.17, 15) is 24.9 Å². The minimum Gasteiger partial charge on any atom is -0.508 e. The first-order chi connectivity index (χ1) is 19.6. The second-order valence-corrected chi connectivity index (χ2v) is 11.1. The van der Waals surface area contributed by atoms with Gasteiger partial charge in [0.15, 0.2) is 5.69 Å². The first kappa shape index (κ1) is 28.5. The van der Waals surface area contributed by atoms with E-state index in [4.69, 9.17) is 5.11 Å². The number of aliphatic hydroxyl groups is 1. The topological polar surface area (TPSA) is 151 Å². The number of carbonyl (C=O) groups is 2. The summed E-state index contributed by atoms with van der Waals surface area (Å²) in [6, 6.07) is 8.97. The molecule has 11 nitrogen and oxygen atoms in total. The fraction of sp³-hybridized carbons (Fsp3) is 0.400. The predicted octanol–water partition coefficient (Wildman–Crippen LogP) is 2.54. The van der Waals surface area contributed by atoms with E-state index in [-0.39, 0.29) is 47.2 Å². The van der Waals surface area contributed by atoms with Crippen molar-refractivity contribution in [3.8, 4) is 11.5 Å². The fourth-order valence-electron chi connectivity index (χ4n) is 5.58. The molecule has 0 aliphatic carbocycles. The molecular weight excluding hydrogens is 526 g/mol. The number of benzene rings is 2. The zero-order valence-electron chi connectivity index (χ0n) is 23.2. The summed E-state index contributed by atoms with van der Waals surface area (Å²) in [4.78, 5) is 38.6. The maximum atomic E-state index is 13.3. The van der Waals surface area contributed by atoms with Gasteiger partial charge in [0, 0.05) is 57.9 Å². The molecule has 0 radical (unpaired) electrons. The first-order valence-electron chi connectivity index (χ1n) is 13.7. The lowest BCUT2D eigenvalue weighted by Crippen LogP contribution is -2.53. The zero-order chi connectivity index (χ0) is 29.3. The number of amides is 1. The van der Waals surface area contributed by atoms with Crippen molar-refractivity contribution in [1.82, 2.24) is 24.7 Å². The van der Waals surface area contributed by atoms with Crippen molar-refractivity contribution in [2.45, 2.75) is 52.0 Å². The Morgan fingerprint density at radius 3 is 2.44 bits per heavy atom. The number of aromatic nitrogens is 2. The molecule has 1 aromatic heterocycles. The number of hydrogen-bond donors (Lipinski definition) is 4. The Morgan fingerprint density at radius 2 is 1.76 bits per heavy atom. The molecule has 4 N–H and O–H groups in total. The number of carboxylic acid groups (broad SMARTS) is 1. The average Bonchev–Trinajstić information content (AvgIpc) is 3.37. The molecule has 1 atom stereocenters. The fourth-order valence-corrected chi connectivity index (χ4v) is 5.58. The molecule has 216 valence electrons. The Balaban J connectivity index is 1.21. The van der Waals surface area contributed by atoms with E-state index in [2.05, 4.69) is 31.9 Å². The number of aromatic carboxylic acids is 1. The van der Waals surface area contributed by atoms with Gasteiger partial charge in [0.05, 0.1) is 30.3 Å². The SMILES string of the molecule is CC(C)c1cc(C(=O)N2Cc3ccc(CN4CCN(Cc5cnc(C(=O)O)cn5)[C@H](CO)C4)cc3C2)c(O)cc1O. The highest BCUT2D eigenvalue weighted by atomic mass is 16.4. The van der Waals surface area contributed by atoms with Crippen molar-refractivity contribution < 1.29 is 30.0 Å². The lowest BCUT2D eigenvalue weighted by Gasteiger charge is -2.40. The normalized spacial score (nSPS) is 17.7. The van der Waals surface area contributed by atoms with E-state index in [0.29, 0.717) is 44.0 Å². The van der Waals surface area contributed by atoms with Crippen molar-refractivity contribution in [3.63, 3.8) is 0 Å². The second kappa shape index (κ2) is 11.8. The van der Waals surface area contributed by atoms with Crippen LogP contribution in [0.1, 0.15) is 68.6 Å². The van der Waals surface area contributed by atoms with Crippen LogP contribution in [0.4, 0.5) is 0 Å². The number of fused-ring (bicyclic) bond motifs is 1. The first-order valence-corrected chi connectivity index (χ1v) is 13.7. The maximum absolute atomic E-state index is 13.3. The number of aliphatic hydroxyl groups excluding tert-OH is 1. The highest BCUT2D eigenvalue weighted by Gasteiger charge is 2.29. The Kier molecular flexibility index (Phi) is 8.20. The number of carbonyl (C=O) groups excluding carboxylic acids is 1. The Labute approximate surface area is 238 Å². The summed E-state index contributed by atoms with van der Waals surface area (Å²) >= 11 is 0. The van der Waals surface area contributed by atoms with Gasteiger partial charge < -0.3 is 25.3 Å². The lowest BCUT2D eigenvalue weighted by atomic mass is 9.98. The smallest absolute Gasteiger partial charge is 0.356 e. The molecule has 5 rings (SSSR count). The summed E-state index contributed by atoms with van der Waals surface area (Å²) in [6.07, 6.45) is 2.72. The van der Waals surface area contributed by atoms with Crippen molar-refractivity contribution in [1.29, 1.82) is 0 Å². The molecule has 0 saturated carbocycles. The molecule has 0 bridgehead atoms. The summed E-state index contributed by atoms with van der Waals surface area (Å²) in [5, 5.41) is 39.6. The third-order valence-electron chi connectivity index (χ3n) is 7.87. The van der Waals surface area contributed by atoms with Crippen LogP contribution in [0.15, 0.2) is 42.7 Å². The molecule has 3 heterocycles. The van der Waals surface area contributed by atoms with Gasteiger partial charge in [-0.15, -0.1) is 0 Å². The van der Waals surface area contributed by atoms with Gasteiger partial charge in [-0.05, 0) is 34.2 Å². The molecule has 11 heteroatoms. The Morgan fingerprint density at radius 1 is 0.976 bits per heavy atom. The van der Waals surface area contributed by atoms with Gasteiger partial charge in [-0.3, -0.25) is 19.6 Å². The van der Waals surface area contributed by atoms with E-state index in [1.54, 1.807) is 11.0 Å². The van der Waals surface area contributed by atoms with Crippen LogP contribution >= 0.6 is 0 Å². The number of carboxylic acids is 1. The van der Waals surface area contributed by atoms with Crippen LogP contribution in [0.25, 0.3) is 0 Å². The van der Waals surface area contributed by atoms with E-state index in [1.807, 2.05) is 19.9 Å². The van der Waals surface area contributed by atoms with E-state index < -0.39 is 5.97 Å². The van der Waals surface area contributed by atoms with E-state index >= 15 is 0 Å². The standard InChI is InChI=1S/C30H35N5O6/c1-18(2)24-8-25(28(38)9-27(24)37)29(39)35-13-20-4-3-19(7-21(20)14-35)12-33-5-6-34(23(16-33)17-36)15-22-10-32-26(11-31-22)30(40)41/h3-4,7-11,18,23,36-38H,5-6,12-17H2,1-2H3,(H,40,41)/t23-/m0/s1. The summed E-state index contributed by atoms with van der Waals surface area (Å²) in [6.45, 7) is 8.07. The second-order valence-electron chi connectivity index (χ2n) is 11.1. The van der Waals surface area contributed by atoms with Crippen LogP contribution < -0.4 is 0 Å². The number of rotatable bonds is 8. The van der Waals surface area contributed by atoms with Gasteiger partial charge in [-0.2, -0.15) is 0 Å². The number of phenolic OH excluding ortho intramolecular Hbond substituents is 2. The highest BCUT2D eigenvalue weighted by molar-refractivity contribution is 5.97. The molecule has 2 aliphatic rings. The van der Waals surface area contributed by atoms with Crippen LogP contribution in [0.2, 0.25) is 0 Å². The molecule has 1 amide bonds. The minimum atomic E-state index is -1.12. The lowest BCUT2D eigenvalue weighted by molar-refractivity contribution is 0.0308. The van der Waals surface area contributed by atoms with Gasteiger partial charge in [0.1, 0.15) is 11.5 Å². The van der Waals surface area contributed by atoms with Crippen molar-refractivity contribution in [3.05, 3.63) is 81.9 Å². The molecule has 0 spiro atoms. The van der Waals surface area contributed by atoms with Crippen LogP contribution in [0.5, 0.6) is 11.5 Å². The summed E-state index contributed by atoms with van der Waals surface area (Å²) in [5.74, 6) is -1.63. The number of piperazine rings is 1. The van der Waals surface area contributed by atoms with Crippen molar-refractivity contribution >= 4 is 11.9 Å². The van der Waals surface area contributed by atoms with Gasteiger partial charge in [0.25, 0.3) is 5.91 Å². The maximum Gasteiger partial charge on any atom is 0.356 e. The van der Waals surface area contributed by atoms with E-state index in [1.165, 1.54) is 18.5 Å². The molecule has 41 heavy (non-hydrogen) atoms. The number of hydrogen-bond acceptors (Lipinski definition) is 9. The Bertz CT molecular complexity index is 1440. The molecule has 1 fully saturated rings. The third-order valence-corrected chi connectivity index (χ3v) is 7.87. The monoisotopic (exact) mass is 561 g/mol. The van der Waals surface area contributed by atoms with Gasteiger partial charge >= 0.3 is 5.97 Å². The van der Waals surface area contributed by atoms with Gasteiger partial charge in [-0.1, -0.05) is 32.0 Å². The van der Waals surface area contributed by atoms with E-state index in [0.717, 1.165) is 29.8 Å². The summed E-state index contributed by atoms with van der Waals surface area (Å²) in [5.41, 5.74) is 4.62. The predicted molar refractivity (Wildman–Crippen MR) is 149 cm³/mol. The molecule has 2 aliphatic heterocycles. The molecule has 1 saturated heterocycles. The van der Waals surface area contributed by atoms with Crippen LogP contribution in [-0.2, 0) is 26.2 Å². The van der Waals surface area contributed by atoms with Crippen LogP contribution in [0.3, 0.4) is 0 Å². The van der Waals surface area contributed by atoms with Crippen LogP contribution in [-0.4, -0.2) is 89.3 Å². The van der Waals surface area contributed by atoms with Gasteiger partial charge in [0.2, 0.25) is 0 Å². The van der Waals surface area contributed by atoms with Gasteiger partial charge in [-0.25, -0.2) is 9.78 Å². The largest absolute Gasteiger partial charge is 0.508 e. The van der Waals surface area contributed by atoms with Crippen molar-refractivity contribution in [2.24, 2.45) is 0 Å². The number of phenols is 2. The van der Waals surface area contributed by atoms with Crippen molar-refractivity contribution in [2.75, 3.05) is 26.2 Å². The van der Waals surface area contributed by atoms with Crippen LogP contribution in [0, 0.1) is 0 Å². The average molecular weight is 562 g/mol. The quantitative estimate of drug-likeness (QED) is 0.323. The summed E-state index contributed by atoms with van der Waals surface area (Å²) in [7, 11) is 0. The molecule has 2 aromatic carbocycles. The zero-order valence-corrected chi connectivity index (χ0v) is 23.2. The number of aromatic hydroxyl groups is 2.